The minimum absolute atomic E-state index is 0. The minimum atomic E-state index is 0. The molecule has 5 aliphatic rings. The lowest BCUT2D eigenvalue weighted by Gasteiger charge is -1.98. The summed E-state index contributed by atoms with van der Waals surface area (Å²) in [6.45, 7) is 2.14. The molecule has 5 heterocycles. The highest BCUT2D eigenvalue weighted by Gasteiger charge is 2.15. The van der Waals surface area contributed by atoms with Crippen molar-refractivity contribution in [3.63, 3.8) is 0 Å². The van der Waals surface area contributed by atoms with E-state index >= 15 is 0 Å². The van der Waals surface area contributed by atoms with Crippen LogP contribution in [0, 0.1) is 0 Å². The Morgan fingerprint density at radius 2 is 1.04 bits per heavy atom. The molecule has 0 saturated carbocycles. The molecule has 0 unspecified atom stereocenters. The second-order valence-corrected chi connectivity index (χ2v) is 6.41. The number of allylic oxidation sites excluding steroid dienone is 12. The average molecular weight is 363 g/mol. The summed E-state index contributed by atoms with van der Waals surface area (Å²) in [7, 11) is 0. The highest BCUT2D eigenvalue weighted by Crippen LogP contribution is 2.24. The van der Waals surface area contributed by atoms with Gasteiger partial charge in [0, 0.05) is 0 Å². The largest absolute Gasteiger partial charge is 0.316 e. The lowest BCUT2D eigenvalue weighted by molar-refractivity contribution is 1.18. The van der Waals surface area contributed by atoms with Crippen molar-refractivity contribution in [3.8, 4) is 0 Å². The van der Waals surface area contributed by atoms with E-state index in [2.05, 4.69) is 28.0 Å². The molecule has 0 amide bonds. The van der Waals surface area contributed by atoms with E-state index in [1.807, 2.05) is 60.8 Å². The Kier molecular flexibility index (Phi) is 4.72. The van der Waals surface area contributed by atoms with Crippen molar-refractivity contribution in [2.45, 2.75) is 13.3 Å². The fraction of sp³-hybridized carbons (Fsp3) is 0.0909. The molecule has 5 heteroatoms. The molecule has 0 aliphatic carbocycles. The van der Waals surface area contributed by atoms with Gasteiger partial charge in [-0.2, -0.15) is 0 Å². The second kappa shape index (κ2) is 7.17. The number of aliphatic imine (C=N–C) groups is 4. The molecule has 0 radical (unpaired) electrons. The van der Waals surface area contributed by atoms with Gasteiger partial charge in [-0.3, -0.25) is 0 Å². The van der Waals surface area contributed by atoms with Gasteiger partial charge in [0.1, 0.15) is 0 Å². The van der Waals surface area contributed by atoms with E-state index in [0.717, 1.165) is 52.1 Å². The van der Waals surface area contributed by atoms with Crippen LogP contribution in [0.3, 0.4) is 0 Å². The molecule has 0 spiro atoms. The van der Waals surface area contributed by atoms with Crippen LogP contribution in [0.4, 0.5) is 0 Å². The van der Waals surface area contributed by atoms with E-state index in [4.69, 9.17) is 4.99 Å². The van der Waals surface area contributed by atoms with E-state index < -0.39 is 0 Å². The Balaban J connectivity index is 0.00000180. The van der Waals surface area contributed by atoms with Crippen LogP contribution >= 0.6 is 0 Å². The summed E-state index contributed by atoms with van der Waals surface area (Å²) in [5.74, 6) is 0. The number of rotatable bonds is 1. The first kappa shape index (κ1) is 17.8. The van der Waals surface area contributed by atoms with Gasteiger partial charge in [0.05, 0.1) is 45.6 Å². The first-order valence-electron chi connectivity index (χ1n) is 8.72. The highest BCUT2D eigenvalue weighted by atomic mass is 24.3. The molecule has 8 bridgehead atoms. The molecule has 0 atom stereocenters. The van der Waals surface area contributed by atoms with E-state index in [0.29, 0.717) is 0 Å². The Hall–Kier alpha value is -2.63. The zero-order chi connectivity index (χ0) is 17.5. The van der Waals surface area contributed by atoms with E-state index in [1.54, 1.807) is 0 Å². The van der Waals surface area contributed by atoms with E-state index in [1.165, 1.54) is 5.57 Å². The van der Waals surface area contributed by atoms with Crippen LogP contribution in [-0.4, -0.2) is 45.9 Å². The van der Waals surface area contributed by atoms with Gasteiger partial charge in [0.25, 0.3) is 0 Å². The summed E-state index contributed by atoms with van der Waals surface area (Å²) in [4.78, 5) is 18.7. The molecule has 0 fully saturated rings. The number of hydrogen-bond acceptors (Lipinski definition) is 4. The van der Waals surface area contributed by atoms with Crippen molar-refractivity contribution in [2.24, 2.45) is 20.0 Å². The van der Waals surface area contributed by atoms with Gasteiger partial charge >= 0.3 is 23.1 Å². The van der Waals surface area contributed by atoms with Gasteiger partial charge in [-0.05, 0) is 78.8 Å². The predicted octanol–water partition coefficient (Wildman–Crippen LogP) is 3.44. The van der Waals surface area contributed by atoms with Crippen LogP contribution in [-0.2, 0) is 0 Å². The molecule has 0 aromatic heterocycles. The van der Waals surface area contributed by atoms with Gasteiger partial charge in [-0.25, -0.2) is 20.0 Å². The Morgan fingerprint density at radius 3 is 1.56 bits per heavy atom. The number of nitrogens with zero attached hydrogens (tertiary/aromatic N) is 4. The monoisotopic (exact) mass is 362 g/mol. The van der Waals surface area contributed by atoms with Crippen molar-refractivity contribution < 1.29 is 0 Å². The molecule has 5 rings (SSSR count). The smallest absolute Gasteiger partial charge is 0.249 e. The molecule has 0 aromatic carbocycles. The molecular weight excluding hydrogens is 345 g/mol. The highest BCUT2D eigenvalue weighted by molar-refractivity contribution is 6.16. The summed E-state index contributed by atoms with van der Waals surface area (Å²) >= 11 is 0. The van der Waals surface area contributed by atoms with Crippen molar-refractivity contribution in [1.29, 1.82) is 0 Å². The number of hydrogen-bond donors (Lipinski definition) is 0. The summed E-state index contributed by atoms with van der Waals surface area (Å²) in [6, 6.07) is 0. The lowest BCUT2D eigenvalue weighted by Crippen LogP contribution is -1.95. The Bertz CT molecular complexity index is 1090. The maximum absolute atomic E-state index is 4.77. The van der Waals surface area contributed by atoms with Crippen LogP contribution in [0.2, 0.25) is 0 Å². The third-order valence-corrected chi connectivity index (χ3v) is 4.50. The summed E-state index contributed by atoms with van der Waals surface area (Å²) in [6.07, 6.45) is 23.1. The van der Waals surface area contributed by atoms with Crippen molar-refractivity contribution in [3.05, 3.63) is 95.2 Å². The molecular formula is C22H18MgN4. The maximum Gasteiger partial charge on any atom is 0.316 e. The number of fused-ring (bicyclic) bond motifs is 4. The van der Waals surface area contributed by atoms with Gasteiger partial charge in [0.2, 0.25) is 0 Å². The predicted molar refractivity (Wildman–Crippen MR) is 116 cm³/mol. The summed E-state index contributed by atoms with van der Waals surface area (Å²) in [5, 5.41) is 0. The van der Waals surface area contributed by atoms with Crippen molar-refractivity contribution in [2.75, 3.05) is 0 Å². The quantitative estimate of drug-likeness (QED) is 0.642. The lowest BCUT2D eigenvalue weighted by atomic mass is 10.1. The topological polar surface area (TPSA) is 49.4 Å². The fourth-order valence-corrected chi connectivity index (χ4v) is 3.24. The third-order valence-electron chi connectivity index (χ3n) is 4.50. The SMILES string of the molecule is CCC1=CC2=CC3=NC(=CC4=NC(=CC5=NC(=CC1=N2)C=C5)C=C4)C=C3.[MgH2]. The second-order valence-electron chi connectivity index (χ2n) is 6.41. The van der Waals surface area contributed by atoms with Crippen LogP contribution in [0.15, 0.2) is 115 Å². The van der Waals surface area contributed by atoms with Gasteiger partial charge in [-0.15, -0.1) is 0 Å². The maximum atomic E-state index is 4.77. The van der Waals surface area contributed by atoms with E-state index in [9.17, 15) is 0 Å². The van der Waals surface area contributed by atoms with Crippen LogP contribution in [0.25, 0.3) is 0 Å². The normalized spacial score (nSPS) is 21.4. The van der Waals surface area contributed by atoms with Crippen LogP contribution in [0.5, 0.6) is 0 Å². The van der Waals surface area contributed by atoms with Crippen molar-refractivity contribution in [1.82, 2.24) is 0 Å². The van der Waals surface area contributed by atoms with Crippen molar-refractivity contribution >= 4 is 45.9 Å². The molecule has 4 nitrogen and oxygen atoms in total. The van der Waals surface area contributed by atoms with E-state index in [-0.39, 0.29) is 23.1 Å². The van der Waals surface area contributed by atoms with Crippen LogP contribution < -0.4 is 0 Å². The Morgan fingerprint density at radius 1 is 0.556 bits per heavy atom. The Labute approximate surface area is 174 Å². The van der Waals surface area contributed by atoms with Gasteiger partial charge in [-0.1, -0.05) is 6.92 Å². The summed E-state index contributed by atoms with van der Waals surface area (Å²) in [5.41, 5.74) is 8.53. The fourth-order valence-electron chi connectivity index (χ4n) is 3.24. The van der Waals surface area contributed by atoms with Gasteiger partial charge < -0.3 is 0 Å². The molecule has 128 valence electrons. The zero-order valence-corrected chi connectivity index (χ0v) is 14.3. The molecule has 27 heavy (non-hydrogen) atoms. The summed E-state index contributed by atoms with van der Waals surface area (Å²) < 4.78 is 0. The first-order valence-corrected chi connectivity index (χ1v) is 8.72. The van der Waals surface area contributed by atoms with Crippen LogP contribution in [0.1, 0.15) is 13.3 Å². The zero-order valence-electron chi connectivity index (χ0n) is 14.3. The van der Waals surface area contributed by atoms with Gasteiger partial charge in [0.15, 0.2) is 0 Å². The standard InChI is InChI=1S/C22H16N4.Mg.2H/c1-2-14-9-21-12-19-6-5-17(24-19)10-15-3-4-16(23-15)11-18-7-8-20(25-18)13-22(14)26-21;;;/h3-13H,2H2,1H3;;;. The average Bonchev–Trinajstić information content (AvgIpc) is 3.39. The minimum Gasteiger partial charge on any atom is -0.249 e. The third kappa shape index (κ3) is 3.61. The molecule has 0 saturated heterocycles. The first-order chi connectivity index (χ1) is 12.7. The molecule has 5 aliphatic heterocycles. The molecule has 0 aromatic rings. The molecule has 0 N–H and O–H groups in total.